The average molecular weight is 307 g/mol. The number of ether oxygens (including phenoxy) is 1. The van der Waals surface area contributed by atoms with Gasteiger partial charge in [0, 0.05) is 13.1 Å². The van der Waals surface area contributed by atoms with E-state index in [1.807, 2.05) is 23.8 Å². The summed E-state index contributed by atoms with van der Waals surface area (Å²) in [5.41, 5.74) is 0.834. The van der Waals surface area contributed by atoms with E-state index in [2.05, 4.69) is 10.6 Å². The van der Waals surface area contributed by atoms with Crippen LogP contribution in [-0.4, -0.2) is 42.9 Å². The molecule has 0 saturated carbocycles. The van der Waals surface area contributed by atoms with Gasteiger partial charge < -0.3 is 20.5 Å². The summed E-state index contributed by atoms with van der Waals surface area (Å²) in [7, 11) is 0. The summed E-state index contributed by atoms with van der Waals surface area (Å²) in [4.78, 5) is 11.9. The van der Waals surface area contributed by atoms with Gasteiger partial charge in [-0.1, -0.05) is 0 Å². The molecule has 0 bridgehead atoms. The highest BCUT2D eigenvalue weighted by Crippen LogP contribution is 2.15. The van der Waals surface area contributed by atoms with Crippen LogP contribution < -0.4 is 10.6 Å². The highest BCUT2D eigenvalue weighted by Gasteiger charge is 2.28. The molecule has 3 atom stereocenters. The standard InChI is InChI=1S/C12H18N2O3S.ClH/c1-8-11(13-3-4-17-8)12(16)14-6-10(15)9-2-5-18-7-9;/h2,5,7-8,10-11,13,15H,3-4,6H2,1H3,(H,14,16);1H/t8-,10?,11+;/m1./s1. The van der Waals surface area contributed by atoms with Crippen molar-refractivity contribution in [3.8, 4) is 0 Å². The monoisotopic (exact) mass is 306 g/mol. The van der Waals surface area contributed by atoms with Crippen LogP contribution in [0.5, 0.6) is 0 Å². The molecule has 1 fully saturated rings. The van der Waals surface area contributed by atoms with E-state index in [1.165, 1.54) is 11.3 Å². The number of amides is 1. The minimum Gasteiger partial charge on any atom is -0.387 e. The fourth-order valence-electron chi connectivity index (χ4n) is 1.92. The molecule has 1 aliphatic rings. The number of aliphatic hydroxyl groups is 1. The van der Waals surface area contributed by atoms with Crippen LogP contribution in [0.15, 0.2) is 16.8 Å². The topological polar surface area (TPSA) is 70.6 Å². The van der Waals surface area contributed by atoms with Gasteiger partial charge in [0.1, 0.15) is 6.04 Å². The molecule has 1 aromatic rings. The summed E-state index contributed by atoms with van der Waals surface area (Å²) < 4.78 is 5.41. The van der Waals surface area contributed by atoms with Crippen molar-refractivity contribution in [3.63, 3.8) is 0 Å². The molecule has 7 heteroatoms. The van der Waals surface area contributed by atoms with Crippen molar-refractivity contribution in [2.24, 2.45) is 0 Å². The highest BCUT2D eigenvalue weighted by molar-refractivity contribution is 7.07. The van der Waals surface area contributed by atoms with Gasteiger partial charge in [0.25, 0.3) is 0 Å². The Kier molecular flexibility index (Phi) is 6.74. The zero-order valence-electron chi connectivity index (χ0n) is 10.7. The number of aliphatic hydroxyl groups excluding tert-OH is 1. The summed E-state index contributed by atoms with van der Waals surface area (Å²) in [6.07, 6.45) is -0.794. The van der Waals surface area contributed by atoms with Crippen molar-refractivity contribution in [2.75, 3.05) is 19.7 Å². The van der Waals surface area contributed by atoms with Gasteiger partial charge in [-0.3, -0.25) is 4.79 Å². The first-order valence-corrected chi connectivity index (χ1v) is 6.95. The number of rotatable bonds is 4. The average Bonchev–Trinajstić information content (AvgIpc) is 2.90. The molecular formula is C12H19ClN2O3S. The zero-order valence-corrected chi connectivity index (χ0v) is 12.3. The molecule has 1 unspecified atom stereocenters. The quantitative estimate of drug-likeness (QED) is 0.766. The number of hydrogen-bond acceptors (Lipinski definition) is 5. The van der Waals surface area contributed by atoms with Crippen molar-refractivity contribution >= 4 is 29.7 Å². The van der Waals surface area contributed by atoms with Crippen molar-refractivity contribution < 1.29 is 14.6 Å². The molecule has 2 rings (SSSR count). The molecule has 5 nitrogen and oxygen atoms in total. The van der Waals surface area contributed by atoms with Gasteiger partial charge in [0.05, 0.1) is 18.8 Å². The Morgan fingerprint density at radius 1 is 1.74 bits per heavy atom. The first-order valence-electron chi connectivity index (χ1n) is 6.01. The van der Waals surface area contributed by atoms with Crippen LogP contribution >= 0.6 is 23.7 Å². The summed E-state index contributed by atoms with van der Waals surface area (Å²) in [6.45, 7) is 3.39. The summed E-state index contributed by atoms with van der Waals surface area (Å²) in [5, 5.41) is 19.5. The van der Waals surface area contributed by atoms with Gasteiger partial charge in [-0.05, 0) is 29.3 Å². The largest absolute Gasteiger partial charge is 0.387 e. The molecule has 0 spiro atoms. The van der Waals surface area contributed by atoms with E-state index in [0.717, 1.165) is 5.56 Å². The van der Waals surface area contributed by atoms with Gasteiger partial charge in [0.2, 0.25) is 5.91 Å². The summed E-state index contributed by atoms with van der Waals surface area (Å²) >= 11 is 1.53. The smallest absolute Gasteiger partial charge is 0.239 e. The van der Waals surface area contributed by atoms with Gasteiger partial charge in [-0.15, -0.1) is 12.4 Å². The first-order chi connectivity index (χ1) is 8.68. The molecule has 19 heavy (non-hydrogen) atoms. The van der Waals surface area contributed by atoms with Crippen molar-refractivity contribution in [1.29, 1.82) is 0 Å². The second kappa shape index (κ2) is 7.81. The Bertz CT molecular complexity index is 388. The number of carbonyl (C=O) groups is 1. The lowest BCUT2D eigenvalue weighted by molar-refractivity contribution is -0.129. The lowest BCUT2D eigenvalue weighted by Gasteiger charge is -2.29. The Labute approximate surface area is 122 Å². The van der Waals surface area contributed by atoms with Crippen LogP contribution in [-0.2, 0) is 9.53 Å². The van der Waals surface area contributed by atoms with Crippen LogP contribution in [0.3, 0.4) is 0 Å². The maximum atomic E-state index is 11.9. The predicted octanol–water partition coefficient (Wildman–Crippen LogP) is 0.696. The second-order valence-corrected chi connectivity index (χ2v) is 5.11. The molecule has 1 amide bonds. The molecule has 3 N–H and O–H groups in total. The van der Waals surface area contributed by atoms with Crippen LogP contribution in [0.25, 0.3) is 0 Å². The number of halogens is 1. The number of carbonyl (C=O) groups excluding carboxylic acids is 1. The van der Waals surface area contributed by atoms with Gasteiger partial charge in [-0.25, -0.2) is 0 Å². The summed E-state index contributed by atoms with van der Waals surface area (Å²) in [6, 6.07) is 1.51. The minimum atomic E-state index is -0.653. The van der Waals surface area contributed by atoms with Gasteiger partial charge in [0.15, 0.2) is 0 Å². The Hall–Kier alpha value is -0.660. The number of morpholine rings is 1. The Morgan fingerprint density at radius 2 is 2.53 bits per heavy atom. The van der Waals surface area contributed by atoms with Gasteiger partial charge >= 0.3 is 0 Å². The Morgan fingerprint density at radius 3 is 3.16 bits per heavy atom. The van der Waals surface area contributed by atoms with Crippen LogP contribution in [0.2, 0.25) is 0 Å². The lowest BCUT2D eigenvalue weighted by atomic mass is 10.1. The van der Waals surface area contributed by atoms with E-state index in [0.29, 0.717) is 13.2 Å². The molecule has 1 saturated heterocycles. The lowest BCUT2D eigenvalue weighted by Crippen LogP contribution is -2.55. The third kappa shape index (κ3) is 4.43. The van der Waals surface area contributed by atoms with Crippen molar-refractivity contribution in [1.82, 2.24) is 10.6 Å². The molecule has 0 aromatic carbocycles. The highest BCUT2D eigenvalue weighted by atomic mass is 35.5. The zero-order chi connectivity index (χ0) is 13.0. The van der Waals surface area contributed by atoms with E-state index < -0.39 is 6.10 Å². The molecule has 0 radical (unpaired) electrons. The minimum absolute atomic E-state index is 0. The van der Waals surface area contributed by atoms with Crippen molar-refractivity contribution in [2.45, 2.75) is 25.2 Å². The number of thiophene rings is 1. The third-order valence-electron chi connectivity index (χ3n) is 3.00. The molecule has 1 aromatic heterocycles. The first kappa shape index (κ1) is 16.4. The van der Waals surface area contributed by atoms with Crippen molar-refractivity contribution in [3.05, 3.63) is 22.4 Å². The molecule has 1 aliphatic heterocycles. The van der Waals surface area contributed by atoms with Crippen LogP contribution in [0.1, 0.15) is 18.6 Å². The second-order valence-electron chi connectivity index (χ2n) is 4.33. The molecule has 2 heterocycles. The number of hydrogen-bond donors (Lipinski definition) is 3. The molecular weight excluding hydrogens is 288 g/mol. The predicted molar refractivity (Wildman–Crippen MR) is 76.7 cm³/mol. The van der Waals surface area contributed by atoms with E-state index in [4.69, 9.17) is 4.74 Å². The van der Waals surface area contributed by atoms with E-state index in [9.17, 15) is 9.90 Å². The Balaban J connectivity index is 0.00000180. The van der Waals surface area contributed by atoms with Crippen LogP contribution in [0.4, 0.5) is 0 Å². The van der Waals surface area contributed by atoms with Gasteiger partial charge in [-0.2, -0.15) is 11.3 Å². The fourth-order valence-corrected chi connectivity index (χ4v) is 2.62. The SMILES string of the molecule is C[C@H]1OCCN[C@@H]1C(=O)NCC(O)c1ccsc1.Cl. The van der Waals surface area contributed by atoms with E-state index in [-0.39, 0.29) is 37.0 Å². The molecule has 0 aliphatic carbocycles. The molecule has 108 valence electrons. The fraction of sp³-hybridized carbons (Fsp3) is 0.583. The maximum absolute atomic E-state index is 11.9. The summed E-state index contributed by atoms with van der Waals surface area (Å²) in [5.74, 6) is -0.128. The third-order valence-corrected chi connectivity index (χ3v) is 3.70. The van der Waals surface area contributed by atoms with E-state index in [1.54, 1.807) is 0 Å². The van der Waals surface area contributed by atoms with E-state index >= 15 is 0 Å². The van der Waals surface area contributed by atoms with Crippen LogP contribution in [0, 0.1) is 0 Å². The number of nitrogens with one attached hydrogen (secondary N) is 2. The maximum Gasteiger partial charge on any atom is 0.239 e. The normalized spacial score (nSPS) is 24.3.